The Balaban J connectivity index is 1.66. The number of hydrogen-bond donors (Lipinski definition) is 2. The molecule has 0 spiro atoms. The number of nitrogens with zero attached hydrogens (tertiary/aromatic N) is 1. The van der Waals surface area contributed by atoms with Crippen LogP contribution in [-0.2, 0) is 12.8 Å². The van der Waals surface area contributed by atoms with Crippen molar-refractivity contribution in [2.24, 2.45) is 0 Å². The fourth-order valence-electron chi connectivity index (χ4n) is 2.88. The molecule has 0 heterocycles. The van der Waals surface area contributed by atoms with Gasteiger partial charge in [0, 0.05) is 24.9 Å². The van der Waals surface area contributed by atoms with Gasteiger partial charge in [-0.15, -0.1) is 0 Å². The number of aliphatic hydroxyl groups is 1. The normalized spacial score (nSPS) is 14.9. The summed E-state index contributed by atoms with van der Waals surface area (Å²) in [6.45, 7) is 0.192. The molecule has 0 bridgehead atoms. The zero-order chi connectivity index (χ0) is 15.6. The van der Waals surface area contributed by atoms with Crippen molar-refractivity contribution >= 4 is 5.91 Å². The van der Waals surface area contributed by atoms with Crippen LogP contribution >= 0.6 is 0 Å². The molecule has 0 aliphatic heterocycles. The van der Waals surface area contributed by atoms with Crippen LogP contribution in [0.3, 0.4) is 0 Å². The number of rotatable bonds is 3. The van der Waals surface area contributed by atoms with Gasteiger partial charge in [-0.25, -0.2) is 0 Å². The molecule has 2 aromatic rings. The van der Waals surface area contributed by atoms with Crippen molar-refractivity contribution in [3.63, 3.8) is 0 Å². The highest BCUT2D eigenvalue weighted by Gasteiger charge is 2.35. The van der Waals surface area contributed by atoms with Crippen LogP contribution in [0.15, 0.2) is 48.5 Å². The van der Waals surface area contributed by atoms with Gasteiger partial charge >= 0.3 is 0 Å². The third-order valence-corrected chi connectivity index (χ3v) is 3.99. The lowest BCUT2D eigenvalue weighted by Gasteiger charge is -2.22. The quantitative estimate of drug-likeness (QED) is 0.906. The molecule has 1 aliphatic rings. The van der Waals surface area contributed by atoms with Gasteiger partial charge in [0.2, 0.25) is 0 Å². The van der Waals surface area contributed by atoms with Gasteiger partial charge in [-0.2, -0.15) is 5.26 Å². The topological polar surface area (TPSA) is 73.1 Å². The van der Waals surface area contributed by atoms with Crippen LogP contribution in [0.4, 0.5) is 0 Å². The second kappa shape index (κ2) is 5.63. The third-order valence-electron chi connectivity index (χ3n) is 3.99. The average molecular weight is 292 g/mol. The molecule has 1 amide bonds. The van der Waals surface area contributed by atoms with Gasteiger partial charge in [-0.3, -0.25) is 4.79 Å². The number of nitrogens with one attached hydrogen (secondary N) is 1. The lowest BCUT2D eigenvalue weighted by molar-refractivity contribution is 0.0480. The molecule has 0 radical (unpaired) electrons. The Hall–Kier alpha value is -2.64. The van der Waals surface area contributed by atoms with E-state index >= 15 is 0 Å². The van der Waals surface area contributed by atoms with Gasteiger partial charge in [-0.05, 0) is 29.3 Å². The van der Waals surface area contributed by atoms with Gasteiger partial charge in [0.15, 0.2) is 0 Å². The minimum absolute atomic E-state index is 0.192. The van der Waals surface area contributed by atoms with Gasteiger partial charge in [0.05, 0.1) is 17.2 Å². The van der Waals surface area contributed by atoms with Crippen molar-refractivity contribution in [3.05, 3.63) is 70.8 Å². The van der Waals surface area contributed by atoms with E-state index in [0.29, 0.717) is 24.0 Å². The highest BCUT2D eigenvalue weighted by atomic mass is 16.3. The van der Waals surface area contributed by atoms with Crippen LogP contribution in [0.25, 0.3) is 0 Å². The van der Waals surface area contributed by atoms with E-state index in [0.717, 1.165) is 11.1 Å². The number of fused-ring (bicyclic) bond motifs is 1. The highest BCUT2D eigenvalue weighted by Crippen LogP contribution is 2.29. The first-order chi connectivity index (χ1) is 10.6. The molecule has 0 fully saturated rings. The molecule has 4 nitrogen and oxygen atoms in total. The van der Waals surface area contributed by atoms with Crippen LogP contribution in [-0.4, -0.2) is 23.2 Å². The Morgan fingerprint density at radius 2 is 1.86 bits per heavy atom. The Morgan fingerprint density at radius 3 is 2.50 bits per heavy atom. The second-order valence-electron chi connectivity index (χ2n) is 5.72. The van der Waals surface area contributed by atoms with Gasteiger partial charge in [0.1, 0.15) is 0 Å². The summed E-state index contributed by atoms with van der Waals surface area (Å²) >= 11 is 0. The SMILES string of the molecule is N#Cc1cccc(C(=O)NCC2(O)Cc3ccccc3C2)c1. The van der Waals surface area contributed by atoms with Crippen LogP contribution in [0.1, 0.15) is 27.0 Å². The standard InChI is InChI=1S/C18H16N2O2/c19-11-13-4-3-7-14(8-13)17(21)20-12-18(22)9-15-5-1-2-6-16(15)10-18/h1-8,22H,9-10,12H2,(H,20,21). The predicted molar refractivity (Wildman–Crippen MR) is 82.3 cm³/mol. The summed E-state index contributed by atoms with van der Waals surface area (Å²) in [6, 6.07) is 16.5. The van der Waals surface area contributed by atoms with Crippen LogP contribution in [0.2, 0.25) is 0 Å². The molecule has 4 heteroatoms. The first-order valence-corrected chi connectivity index (χ1v) is 7.17. The van der Waals surface area contributed by atoms with Crippen molar-refractivity contribution in [1.29, 1.82) is 5.26 Å². The van der Waals surface area contributed by atoms with E-state index in [1.807, 2.05) is 30.3 Å². The maximum absolute atomic E-state index is 12.2. The minimum Gasteiger partial charge on any atom is -0.387 e. The first kappa shape index (κ1) is 14.3. The maximum atomic E-state index is 12.2. The van der Waals surface area contributed by atoms with Crippen molar-refractivity contribution in [2.45, 2.75) is 18.4 Å². The largest absolute Gasteiger partial charge is 0.387 e. The number of benzene rings is 2. The fraction of sp³-hybridized carbons (Fsp3) is 0.222. The van der Waals surface area contributed by atoms with Crippen LogP contribution in [0, 0.1) is 11.3 Å². The average Bonchev–Trinajstić information content (AvgIpc) is 2.89. The molecule has 0 saturated carbocycles. The molecular formula is C18H16N2O2. The summed E-state index contributed by atoms with van der Waals surface area (Å²) in [7, 11) is 0. The monoisotopic (exact) mass is 292 g/mol. The summed E-state index contributed by atoms with van der Waals surface area (Å²) in [5.74, 6) is -0.276. The first-order valence-electron chi connectivity index (χ1n) is 7.17. The Kier molecular flexibility index (Phi) is 3.66. The van der Waals surface area contributed by atoms with E-state index < -0.39 is 5.60 Å². The minimum atomic E-state index is -0.938. The summed E-state index contributed by atoms with van der Waals surface area (Å²) < 4.78 is 0. The lowest BCUT2D eigenvalue weighted by atomic mass is 10.0. The zero-order valence-corrected chi connectivity index (χ0v) is 12.0. The number of hydrogen-bond acceptors (Lipinski definition) is 3. The number of carbonyl (C=O) groups excluding carboxylic acids is 1. The Bertz CT molecular complexity index is 737. The van der Waals surface area contributed by atoms with Gasteiger partial charge in [0.25, 0.3) is 5.91 Å². The van der Waals surface area contributed by atoms with Gasteiger partial charge in [-0.1, -0.05) is 30.3 Å². The molecule has 2 aromatic carbocycles. The molecule has 0 atom stereocenters. The molecule has 0 saturated heterocycles. The van der Waals surface area contributed by atoms with Crippen molar-refractivity contribution in [3.8, 4) is 6.07 Å². The lowest BCUT2D eigenvalue weighted by Crippen LogP contribution is -2.43. The van der Waals surface area contributed by atoms with E-state index in [4.69, 9.17) is 5.26 Å². The molecule has 1 aliphatic carbocycles. The van der Waals surface area contributed by atoms with Crippen LogP contribution in [0.5, 0.6) is 0 Å². The van der Waals surface area contributed by atoms with Crippen molar-refractivity contribution in [2.75, 3.05) is 6.54 Å². The summed E-state index contributed by atoms with van der Waals surface area (Å²) in [6.07, 6.45) is 1.09. The molecule has 2 N–H and O–H groups in total. The summed E-state index contributed by atoms with van der Waals surface area (Å²) in [5, 5.41) is 22.3. The third kappa shape index (κ3) is 2.85. The smallest absolute Gasteiger partial charge is 0.251 e. The Labute approximate surface area is 129 Å². The van der Waals surface area contributed by atoms with E-state index in [-0.39, 0.29) is 12.5 Å². The van der Waals surface area contributed by atoms with Crippen molar-refractivity contribution in [1.82, 2.24) is 5.32 Å². The fourth-order valence-corrected chi connectivity index (χ4v) is 2.88. The molecule has 3 rings (SSSR count). The molecular weight excluding hydrogens is 276 g/mol. The summed E-state index contributed by atoms with van der Waals surface area (Å²) in [5.41, 5.74) is 2.20. The maximum Gasteiger partial charge on any atom is 0.251 e. The van der Waals surface area contributed by atoms with E-state index in [1.165, 1.54) is 0 Å². The van der Waals surface area contributed by atoms with E-state index in [1.54, 1.807) is 24.3 Å². The van der Waals surface area contributed by atoms with Crippen molar-refractivity contribution < 1.29 is 9.90 Å². The highest BCUT2D eigenvalue weighted by molar-refractivity contribution is 5.94. The van der Waals surface area contributed by atoms with Crippen LogP contribution < -0.4 is 5.32 Å². The molecule has 0 unspecified atom stereocenters. The predicted octanol–water partition coefficient (Wildman–Crippen LogP) is 1.82. The van der Waals surface area contributed by atoms with E-state index in [9.17, 15) is 9.90 Å². The summed E-state index contributed by atoms with van der Waals surface area (Å²) in [4.78, 5) is 12.2. The number of nitriles is 1. The molecule has 0 aromatic heterocycles. The number of carbonyl (C=O) groups is 1. The zero-order valence-electron chi connectivity index (χ0n) is 12.0. The van der Waals surface area contributed by atoms with E-state index in [2.05, 4.69) is 5.32 Å². The Morgan fingerprint density at radius 1 is 1.18 bits per heavy atom. The van der Waals surface area contributed by atoms with Gasteiger partial charge < -0.3 is 10.4 Å². The number of amides is 1. The molecule has 110 valence electrons. The second-order valence-corrected chi connectivity index (χ2v) is 5.72. The molecule has 22 heavy (non-hydrogen) atoms.